The Labute approximate surface area is 111 Å². The van der Waals surface area contributed by atoms with E-state index in [4.69, 9.17) is 10.5 Å². The van der Waals surface area contributed by atoms with Crippen molar-refractivity contribution in [2.45, 2.75) is 37.6 Å². The van der Waals surface area contributed by atoms with Gasteiger partial charge in [-0.2, -0.15) is 0 Å². The number of methoxy groups -OCH3 is 1. The first-order valence-corrected chi connectivity index (χ1v) is 6.53. The predicted molar refractivity (Wildman–Crippen MR) is 69.1 cm³/mol. The number of carbonyl (C=O) groups is 1. The number of carbonyl (C=O) groups excluding carboxylic acids is 1. The van der Waals surface area contributed by atoms with E-state index in [0.717, 1.165) is 30.4 Å². The first-order valence-electron chi connectivity index (χ1n) is 6.53. The molecule has 1 unspecified atom stereocenters. The van der Waals surface area contributed by atoms with Crippen molar-refractivity contribution in [3.63, 3.8) is 0 Å². The van der Waals surface area contributed by atoms with Gasteiger partial charge >= 0.3 is 5.97 Å². The highest BCUT2D eigenvalue weighted by atomic mass is 19.1. The second-order valence-electron chi connectivity index (χ2n) is 6.09. The topological polar surface area (TPSA) is 52.3 Å². The molecule has 3 aliphatic rings. The van der Waals surface area contributed by atoms with Crippen molar-refractivity contribution in [3.05, 3.63) is 35.1 Å². The molecule has 0 radical (unpaired) electrons. The minimum absolute atomic E-state index is 0.0395. The van der Waals surface area contributed by atoms with Crippen molar-refractivity contribution in [3.8, 4) is 0 Å². The van der Waals surface area contributed by atoms with E-state index < -0.39 is 6.04 Å². The quantitative estimate of drug-likeness (QED) is 0.849. The Bertz CT molecular complexity index is 535. The van der Waals surface area contributed by atoms with Crippen LogP contribution in [0.2, 0.25) is 0 Å². The molecule has 0 saturated heterocycles. The Morgan fingerprint density at radius 2 is 2.05 bits per heavy atom. The lowest BCUT2D eigenvalue weighted by molar-refractivity contribution is -0.181. The summed E-state index contributed by atoms with van der Waals surface area (Å²) in [5, 5.41) is 0. The van der Waals surface area contributed by atoms with Gasteiger partial charge in [-0.3, -0.25) is 4.79 Å². The van der Waals surface area contributed by atoms with Gasteiger partial charge in [0.15, 0.2) is 0 Å². The van der Waals surface area contributed by atoms with E-state index in [1.165, 1.54) is 13.2 Å². The van der Waals surface area contributed by atoms with Gasteiger partial charge in [-0.1, -0.05) is 12.1 Å². The molecule has 3 aliphatic carbocycles. The van der Waals surface area contributed by atoms with Gasteiger partial charge in [0, 0.05) is 0 Å². The highest BCUT2D eigenvalue weighted by Gasteiger charge is 2.71. The van der Waals surface area contributed by atoms with E-state index in [2.05, 4.69) is 0 Å². The van der Waals surface area contributed by atoms with Crippen molar-refractivity contribution in [2.24, 2.45) is 11.1 Å². The minimum Gasteiger partial charge on any atom is -0.468 e. The van der Waals surface area contributed by atoms with Crippen LogP contribution in [0.3, 0.4) is 0 Å². The van der Waals surface area contributed by atoms with Crippen LogP contribution in [0.4, 0.5) is 4.39 Å². The molecular formula is C15H18FNO2. The SMILES string of the molecule is COC(=O)C(N)C12CC(c3cccc(F)c3C)(C1)C2. The fourth-order valence-electron chi connectivity index (χ4n) is 4.04. The number of hydrogen-bond acceptors (Lipinski definition) is 3. The molecule has 3 fully saturated rings. The normalized spacial score (nSPS) is 33.1. The van der Waals surface area contributed by atoms with Gasteiger partial charge < -0.3 is 10.5 Å². The average Bonchev–Trinajstić information content (AvgIpc) is 2.30. The third-order valence-corrected chi connectivity index (χ3v) is 5.03. The molecule has 4 heteroatoms. The van der Waals surface area contributed by atoms with Crippen molar-refractivity contribution in [2.75, 3.05) is 7.11 Å². The summed E-state index contributed by atoms with van der Waals surface area (Å²) in [6.45, 7) is 1.82. The van der Waals surface area contributed by atoms with Crippen LogP contribution in [0.25, 0.3) is 0 Å². The van der Waals surface area contributed by atoms with Gasteiger partial charge in [-0.15, -0.1) is 0 Å². The molecule has 3 nitrogen and oxygen atoms in total. The van der Waals surface area contributed by atoms with Crippen LogP contribution >= 0.6 is 0 Å². The van der Waals surface area contributed by atoms with Crippen LogP contribution in [0.15, 0.2) is 18.2 Å². The monoisotopic (exact) mass is 263 g/mol. The second-order valence-corrected chi connectivity index (χ2v) is 6.09. The number of rotatable bonds is 3. The number of halogens is 1. The van der Waals surface area contributed by atoms with Crippen LogP contribution in [0.5, 0.6) is 0 Å². The number of hydrogen-bond donors (Lipinski definition) is 1. The van der Waals surface area contributed by atoms with Crippen LogP contribution < -0.4 is 5.73 Å². The van der Waals surface area contributed by atoms with Crippen molar-refractivity contribution in [1.82, 2.24) is 0 Å². The van der Waals surface area contributed by atoms with E-state index in [1.54, 1.807) is 6.07 Å². The predicted octanol–water partition coefficient (Wildman–Crippen LogP) is 2.06. The molecule has 0 spiro atoms. The maximum Gasteiger partial charge on any atom is 0.323 e. The highest BCUT2D eigenvalue weighted by molar-refractivity contribution is 5.78. The average molecular weight is 263 g/mol. The lowest BCUT2D eigenvalue weighted by Crippen LogP contribution is -2.72. The van der Waals surface area contributed by atoms with Gasteiger partial charge in [-0.25, -0.2) is 4.39 Å². The summed E-state index contributed by atoms with van der Waals surface area (Å²) >= 11 is 0. The van der Waals surface area contributed by atoms with Crippen LogP contribution in [-0.2, 0) is 14.9 Å². The first-order chi connectivity index (χ1) is 8.94. The molecule has 1 atom stereocenters. The second kappa shape index (κ2) is 3.79. The molecule has 0 aliphatic heterocycles. The number of nitrogens with two attached hydrogens (primary N) is 1. The van der Waals surface area contributed by atoms with Crippen molar-refractivity contribution in [1.29, 1.82) is 0 Å². The van der Waals surface area contributed by atoms with Gasteiger partial charge in [0.2, 0.25) is 0 Å². The lowest BCUT2D eigenvalue weighted by atomic mass is 9.31. The zero-order chi connectivity index (χ0) is 13.8. The van der Waals surface area contributed by atoms with Crippen LogP contribution in [0, 0.1) is 18.2 Å². The third-order valence-electron chi connectivity index (χ3n) is 5.03. The van der Waals surface area contributed by atoms with E-state index >= 15 is 0 Å². The van der Waals surface area contributed by atoms with Gasteiger partial charge in [-0.05, 0) is 54.2 Å². The van der Waals surface area contributed by atoms with Gasteiger partial charge in [0.05, 0.1) is 7.11 Å². The van der Waals surface area contributed by atoms with E-state index in [9.17, 15) is 9.18 Å². The van der Waals surface area contributed by atoms with E-state index in [-0.39, 0.29) is 22.6 Å². The molecule has 102 valence electrons. The van der Waals surface area contributed by atoms with Crippen molar-refractivity contribution >= 4 is 5.97 Å². The lowest BCUT2D eigenvalue weighted by Gasteiger charge is -2.72. The maximum atomic E-state index is 13.6. The minimum atomic E-state index is -0.548. The molecule has 2 bridgehead atoms. The summed E-state index contributed by atoms with van der Waals surface area (Å²) < 4.78 is 18.3. The molecule has 0 amide bonds. The molecule has 1 aromatic rings. The Morgan fingerprint density at radius 1 is 1.42 bits per heavy atom. The Kier molecular flexibility index (Phi) is 2.52. The fraction of sp³-hybridized carbons (Fsp3) is 0.533. The number of ether oxygens (including phenoxy) is 1. The van der Waals surface area contributed by atoms with Crippen LogP contribution in [-0.4, -0.2) is 19.1 Å². The molecule has 4 rings (SSSR count). The highest BCUT2D eigenvalue weighted by Crippen LogP contribution is 2.75. The Balaban J connectivity index is 1.80. The first kappa shape index (κ1) is 12.6. The Morgan fingerprint density at radius 3 is 2.63 bits per heavy atom. The molecule has 19 heavy (non-hydrogen) atoms. The summed E-state index contributed by atoms with van der Waals surface area (Å²) in [6, 6.07) is 4.68. The standard InChI is InChI=1S/C15H18FNO2/c1-9-10(4-3-5-11(9)16)14-6-15(7-14,8-14)12(17)13(18)19-2/h3-5,12H,6-8,17H2,1-2H3. The summed E-state index contributed by atoms with van der Waals surface area (Å²) in [7, 11) is 1.36. The molecule has 2 N–H and O–H groups in total. The Hall–Kier alpha value is -1.42. The number of benzene rings is 1. The maximum absolute atomic E-state index is 13.6. The number of esters is 1. The van der Waals surface area contributed by atoms with Crippen molar-refractivity contribution < 1.29 is 13.9 Å². The molecular weight excluding hydrogens is 245 g/mol. The molecule has 3 saturated carbocycles. The molecule has 0 heterocycles. The molecule has 1 aromatic carbocycles. The summed E-state index contributed by atoms with van der Waals surface area (Å²) in [5.41, 5.74) is 7.68. The zero-order valence-electron chi connectivity index (χ0n) is 11.2. The van der Waals surface area contributed by atoms with E-state index in [1.807, 2.05) is 13.0 Å². The summed E-state index contributed by atoms with van der Waals surface area (Å²) in [6.07, 6.45) is 2.58. The largest absolute Gasteiger partial charge is 0.468 e. The van der Waals surface area contributed by atoms with Gasteiger partial charge in [0.1, 0.15) is 11.9 Å². The van der Waals surface area contributed by atoms with Gasteiger partial charge in [0.25, 0.3) is 0 Å². The third kappa shape index (κ3) is 1.49. The van der Waals surface area contributed by atoms with Crippen LogP contribution in [0.1, 0.15) is 30.4 Å². The summed E-state index contributed by atoms with van der Waals surface area (Å²) in [5.74, 6) is -0.502. The van der Waals surface area contributed by atoms with E-state index in [0.29, 0.717) is 0 Å². The summed E-state index contributed by atoms with van der Waals surface area (Å²) in [4.78, 5) is 11.5. The fourth-order valence-corrected chi connectivity index (χ4v) is 4.04. The zero-order valence-corrected chi connectivity index (χ0v) is 11.2. The molecule has 0 aromatic heterocycles. The smallest absolute Gasteiger partial charge is 0.323 e.